The van der Waals surface area contributed by atoms with Gasteiger partial charge >= 0.3 is 0 Å². The fourth-order valence-corrected chi connectivity index (χ4v) is 1.96. The van der Waals surface area contributed by atoms with Crippen molar-refractivity contribution >= 4 is 5.69 Å². The lowest BCUT2D eigenvalue weighted by Crippen LogP contribution is -2.10. The molecule has 0 saturated heterocycles. The third kappa shape index (κ3) is 3.08. The largest absolute Gasteiger partial charge is 0.377 e. The predicted molar refractivity (Wildman–Crippen MR) is 72.1 cm³/mol. The van der Waals surface area contributed by atoms with Crippen LogP contribution < -0.4 is 5.32 Å². The molecule has 2 aromatic rings. The lowest BCUT2D eigenvalue weighted by atomic mass is 10.0. The molecule has 4 heteroatoms. The normalized spacial score (nSPS) is 12.3. The van der Waals surface area contributed by atoms with Gasteiger partial charge in [0.25, 0.3) is 0 Å². The summed E-state index contributed by atoms with van der Waals surface area (Å²) in [4.78, 5) is 4.05. The van der Waals surface area contributed by atoms with Crippen molar-refractivity contribution in [3.05, 3.63) is 58.9 Å². The second-order valence-electron chi connectivity index (χ2n) is 4.74. The van der Waals surface area contributed by atoms with Crippen molar-refractivity contribution in [1.82, 2.24) is 4.98 Å². The van der Waals surface area contributed by atoms with Crippen LogP contribution in [0.15, 0.2) is 30.6 Å². The van der Waals surface area contributed by atoms with Gasteiger partial charge in [-0.2, -0.15) is 0 Å². The number of benzene rings is 1. The molecule has 1 N–H and O–H groups in total. The number of rotatable bonds is 3. The minimum atomic E-state index is -0.403. The smallest absolute Gasteiger partial charge is 0.128 e. The summed E-state index contributed by atoms with van der Waals surface area (Å²) in [6, 6.07) is 4.04. The van der Waals surface area contributed by atoms with E-state index in [4.69, 9.17) is 0 Å². The molecule has 1 heterocycles. The summed E-state index contributed by atoms with van der Waals surface area (Å²) in [6.45, 7) is 5.26. The monoisotopic (exact) mass is 262 g/mol. The SMILES string of the molecule is Cc1cncc(NC(C)c2cc(F)c(C)cc2F)c1. The first-order chi connectivity index (χ1) is 8.97. The van der Waals surface area contributed by atoms with E-state index in [9.17, 15) is 8.78 Å². The summed E-state index contributed by atoms with van der Waals surface area (Å²) >= 11 is 0. The highest BCUT2D eigenvalue weighted by Gasteiger charge is 2.14. The fraction of sp³-hybridized carbons (Fsp3) is 0.267. The van der Waals surface area contributed by atoms with Crippen LogP contribution >= 0.6 is 0 Å². The van der Waals surface area contributed by atoms with Crippen LogP contribution in [0.2, 0.25) is 0 Å². The van der Waals surface area contributed by atoms with Crippen LogP contribution in [0.25, 0.3) is 0 Å². The molecule has 0 saturated carbocycles. The summed E-state index contributed by atoms with van der Waals surface area (Å²) in [5.41, 5.74) is 2.41. The average Bonchev–Trinajstić information content (AvgIpc) is 2.33. The van der Waals surface area contributed by atoms with Gasteiger partial charge in [0.05, 0.1) is 11.7 Å². The number of nitrogens with one attached hydrogen (secondary N) is 1. The van der Waals surface area contributed by atoms with Crippen LogP contribution in [0.5, 0.6) is 0 Å². The van der Waals surface area contributed by atoms with Gasteiger partial charge in [-0.05, 0) is 50.1 Å². The Kier molecular flexibility index (Phi) is 3.79. The minimum absolute atomic E-state index is 0.310. The molecule has 1 atom stereocenters. The Bertz CT molecular complexity index is 597. The van der Waals surface area contributed by atoms with Crippen molar-refractivity contribution in [3.8, 4) is 0 Å². The highest BCUT2D eigenvalue weighted by atomic mass is 19.1. The van der Waals surface area contributed by atoms with Crippen LogP contribution in [-0.2, 0) is 0 Å². The molecular formula is C15H16F2N2. The van der Waals surface area contributed by atoms with Crippen LogP contribution in [0.4, 0.5) is 14.5 Å². The zero-order valence-corrected chi connectivity index (χ0v) is 11.2. The maximum Gasteiger partial charge on any atom is 0.128 e. The van der Waals surface area contributed by atoms with Gasteiger partial charge < -0.3 is 5.32 Å². The van der Waals surface area contributed by atoms with Gasteiger partial charge in [-0.15, -0.1) is 0 Å². The number of hydrogen-bond acceptors (Lipinski definition) is 2. The molecule has 0 spiro atoms. The van der Waals surface area contributed by atoms with E-state index in [1.54, 1.807) is 26.2 Å². The molecule has 1 unspecified atom stereocenters. The third-order valence-corrected chi connectivity index (χ3v) is 3.00. The Balaban J connectivity index is 2.25. The Morgan fingerprint density at radius 1 is 1.05 bits per heavy atom. The van der Waals surface area contributed by atoms with E-state index in [0.29, 0.717) is 11.1 Å². The Morgan fingerprint density at radius 3 is 2.47 bits per heavy atom. The van der Waals surface area contributed by atoms with Gasteiger partial charge in [0, 0.05) is 18.0 Å². The number of aromatic nitrogens is 1. The third-order valence-electron chi connectivity index (χ3n) is 3.00. The molecule has 2 rings (SSSR count). The summed E-state index contributed by atoms with van der Waals surface area (Å²) in [7, 11) is 0. The molecule has 0 fully saturated rings. The van der Waals surface area contributed by atoms with Crippen molar-refractivity contribution in [3.63, 3.8) is 0 Å². The molecule has 1 aromatic carbocycles. The van der Waals surface area contributed by atoms with Crippen molar-refractivity contribution in [2.24, 2.45) is 0 Å². The zero-order valence-electron chi connectivity index (χ0n) is 11.2. The maximum atomic E-state index is 13.8. The first-order valence-corrected chi connectivity index (χ1v) is 6.11. The molecule has 0 aliphatic heterocycles. The lowest BCUT2D eigenvalue weighted by molar-refractivity contribution is 0.571. The van der Waals surface area contributed by atoms with Crippen LogP contribution in [-0.4, -0.2) is 4.98 Å². The second-order valence-corrected chi connectivity index (χ2v) is 4.74. The first-order valence-electron chi connectivity index (χ1n) is 6.11. The Morgan fingerprint density at radius 2 is 1.79 bits per heavy atom. The van der Waals surface area contributed by atoms with E-state index < -0.39 is 11.6 Å². The molecule has 0 amide bonds. The van der Waals surface area contributed by atoms with E-state index in [0.717, 1.165) is 11.3 Å². The molecule has 0 radical (unpaired) electrons. The van der Waals surface area contributed by atoms with Gasteiger partial charge in [0.2, 0.25) is 0 Å². The van der Waals surface area contributed by atoms with Gasteiger partial charge in [0.15, 0.2) is 0 Å². The molecule has 19 heavy (non-hydrogen) atoms. The summed E-state index contributed by atoms with van der Waals surface area (Å²) in [6.07, 6.45) is 3.40. The Labute approximate surface area is 111 Å². The van der Waals surface area contributed by atoms with Gasteiger partial charge in [-0.3, -0.25) is 4.98 Å². The topological polar surface area (TPSA) is 24.9 Å². The number of hydrogen-bond donors (Lipinski definition) is 1. The molecule has 100 valence electrons. The van der Waals surface area contributed by atoms with Crippen LogP contribution in [0.3, 0.4) is 0 Å². The molecular weight excluding hydrogens is 246 g/mol. The fourth-order valence-electron chi connectivity index (χ4n) is 1.96. The number of aryl methyl sites for hydroxylation is 2. The number of nitrogens with zero attached hydrogens (tertiary/aromatic N) is 1. The van der Waals surface area contributed by atoms with E-state index in [1.807, 2.05) is 13.0 Å². The predicted octanol–water partition coefficient (Wildman–Crippen LogP) is 4.15. The quantitative estimate of drug-likeness (QED) is 0.898. The lowest BCUT2D eigenvalue weighted by Gasteiger charge is -2.17. The highest BCUT2D eigenvalue weighted by Crippen LogP contribution is 2.24. The molecule has 0 bridgehead atoms. The summed E-state index contributed by atoms with van der Waals surface area (Å²) in [5.74, 6) is -0.799. The van der Waals surface area contributed by atoms with Crippen molar-refractivity contribution in [2.75, 3.05) is 5.32 Å². The molecule has 1 aromatic heterocycles. The van der Waals surface area contributed by atoms with Crippen LogP contribution in [0, 0.1) is 25.5 Å². The molecule has 0 aliphatic carbocycles. The van der Waals surface area contributed by atoms with Crippen LogP contribution in [0.1, 0.15) is 29.7 Å². The van der Waals surface area contributed by atoms with E-state index in [1.165, 1.54) is 12.1 Å². The van der Waals surface area contributed by atoms with Gasteiger partial charge in [-0.1, -0.05) is 0 Å². The first kappa shape index (κ1) is 13.5. The second kappa shape index (κ2) is 5.34. The zero-order chi connectivity index (χ0) is 14.0. The number of pyridine rings is 1. The molecule has 2 nitrogen and oxygen atoms in total. The van der Waals surface area contributed by atoms with E-state index >= 15 is 0 Å². The maximum absolute atomic E-state index is 13.8. The van der Waals surface area contributed by atoms with Crippen molar-refractivity contribution in [2.45, 2.75) is 26.8 Å². The van der Waals surface area contributed by atoms with E-state index in [2.05, 4.69) is 10.3 Å². The number of halogens is 2. The van der Waals surface area contributed by atoms with E-state index in [-0.39, 0.29) is 6.04 Å². The Hall–Kier alpha value is -1.97. The highest BCUT2D eigenvalue weighted by molar-refractivity contribution is 5.45. The van der Waals surface area contributed by atoms with Gasteiger partial charge in [0.1, 0.15) is 11.6 Å². The summed E-state index contributed by atoms with van der Waals surface area (Å²) < 4.78 is 27.4. The minimum Gasteiger partial charge on any atom is -0.377 e. The molecule has 0 aliphatic rings. The average molecular weight is 262 g/mol. The summed E-state index contributed by atoms with van der Waals surface area (Å²) in [5, 5.41) is 3.12. The number of anilines is 1. The van der Waals surface area contributed by atoms with Crippen molar-refractivity contribution in [1.29, 1.82) is 0 Å². The standard InChI is InChI=1S/C15H16F2N2/c1-9-4-12(8-18-7-9)19-11(3)13-6-14(16)10(2)5-15(13)17/h4-8,11,19H,1-3H3. The van der Waals surface area contributed by atoms with Crippen molar-refractivity contribution < 1.29 is 8.78 Å². The van der Waals surface area contributed by atoms with Gasteiger partial charge in [-0.25, -0.2) is 8.78 Å².